The van der Waals surface area contributed by atoms with Crippen molar-refractivity contribution in [1.29, 1.82) is 16.1 Å². The second kappa shape index (κ2) is 9.22. The molecule has 0 unspecified atom stereocenters. The van der Waals surface area contributed by atoms with Crippen molar-refractivity contribution in [2.45, 2.75) is 37.8 Å². The molecular weight excluding hydrogens is 469 g/mol. The molecule has 0 atom stereocenters. The van der Waals surface area contributed by atoms with Crippen LogP contribution in [0.15, 0.2) is 24.4 Å². The van der Waals surface area contributed by atoms with E-state index in [0.717, 1.165) is 16.5 Å². The van der Waals surface area contributed by atoms with Gasteiger partial charge in [-0.3, -0.25) is 20.6 Å². The van der Waals surface area contributed by atoms with E-state index in [1.54, 1.807) is 18.3 Å². The number of hydrogen-bond acceptors (Lipinski definition) is 5. The van der Waals surface area contributed by atoms with Gasteiger partial charge in [0.05, 0.1) is 17.6 Å². The lowest BCUT2D eigenvalue weighted by molar-refractivity contribution is -0.136. The number of pyridine rings is 1. The van der Waals surface area contributed by atoms with Crippen LogP contribution in [0.5, 0.6) is 0 Å². The highest BCUT2D eigenvalue weighted by molar-refractivity contribution is 6.31. The lowest BCUT2D eigenvalue weighted by Gasteiger charge is -2.39. The maximum Gasteiger partial charge on any atom is 0.449 e. The van der Waals surface area contributed by atoms with Gasteiger partial charge in [0.2, 0.25) is 11.7 Å². The second-order valence-corrected chi connectivity index (χ2v) is 9.05. The molecule has 1 aliphatic carbocycles. The second-order valence-electron chi connectivity index (χ2n) is 8.61. The van der Waals surface area contributed by atoms with Crippen LogP contribution >= 0.6 is 11.6 Å². The minimum Gasteiger partial charge on any atom is -0.333 e. The first-order chi connectivity index (χ1) is 16.1. The molecule has 7 nitrogen and oxygen atoms in total. The molecule has 2 heterocycles. The molecule has 1 amide bonds. The smallest absolute Gasteiger partial charge is 0.333 e. The van der Waals surface area contributed by atoms with Crippen molar-refractivity contribution < 1.29 is 18.0 Å². The summed E-state index contributed by atoms with van der Waals surface area (Å²) in [7, 11) is 0. The Morgan fingerprint density at radius 1 is 1.21 bits per heavy atom. The molecule has 1 saturated carbocycles. The molecule has 11 heteroatoms. The predicted molar refractivity (Wildman–Crippen MR) is 121 cm³/mol. The first-order valence-corrected chi connectivity index (χ1v) is 11.3. The molecule has 1 aliphatic heterocycles. The number of hydrogen-bond donors (Lipinski definition) is 2. The fourth-order valence-corrected chi connectivity index (χ4v) is 5.06. The summed E-state index contributed by atoms with van der Waals surface area (Å²) in [6, 6.07) is 7.57. The van der Waals surface area contributed by atoms with Crippen molar-refractivity contribution in [3.63, 3.8) is 0 Å². The number of nitrogens with one attached hydrogen (secondary N) is 2. The zero-order valence-electron chi connectivity index (χ0n) is 18.1. The highest BCUT2D eigenvalue weighted by Crippen LogP contribution is 2.41. The highest BCUT2D eigenvalue weighted by Gasteiger charge is 2.42. The van der Waals surface area contributed by atoms with Crippen molar-refractivity contribution in [1.82, 2.24) is 14.8 Å². The van der Waals surface area contributed by atoms with E-state index in [1.165, 1.54) is 4.90 Å². The van der Waals surface area contributed by atoms with E-state index in [1.807, 2.05) is 6.07 Å². The summed E-state index contributed by atoms with van der Waals surface area (Å²) in [4.78, 5) is 19.4. The van der Waals surface area contributed by atoms with Gasteiger partial charge in [-0.2, -0.15) is 18.4 Å². The summed E-state index contributed by atoms with van der Waals surface area (Å²) in [6.07, 6.45) is -0.776. The largest absolute Gasteiger partial charge is 0.449 e. The first kappa shape index (κ1) is 24.0. The number of amides is 1. The summed E-state index contributed by atoms with van der Waals surface area (Å²) >= 11 is 6.19. The quantitative estimate of drug-likeness (QED) is 0.470. The lowest BCUT2D eigenvalue weighted by Crippen LogP contribution is -2.57. The van der Waals surface area contributed by atoms with Crippen LogP contribution in [0.4, 0.5) is 13.2 Å². The Labute approximate surface area is 199 Å². The Hall–Kier alpha value is -3.19. The molecule has 0 spiro atoms. The van der Waals surface area contributed by atoms with Crippen LogP contribution in [-0.2, 0) is 4.79 Å². The fourth-order valence-electron chi connectivity index (χ4n) is 4.89. The van der Waals surface area contributed by atoms with E-state index in [9.17, 15) is 23.2 Å². The van der Waals surface area contributed by atoms with Crippen molar-refractivity contribution >= 4 is 40.1 Å². The Morgan fingerprint density at radius 3 is 2.53 bits per heavy atom. The molecule has 2 N–H and O–H groups in total. The summed E-state index contributed by atoms with van der Waals surface area (Å²) in [5.74, 6) is -2.40. The van der Waals surface area contributed by atoms with Crippen LogP contribution < -0.4 is 0 Å². The van der Waals surface area contributed by atoms with Gasteiger partial charge in [0, 0.05) is 35.6 Å². The van der Waals surface area contributed by atoms with E-state index < -0.39 is 17.8 Å². The van der Waals surface area contributed by atoms with E-state index in [-0.39, 0.29) is 37.4 Å². The van der Waals surface area contributed by atoms with Crippen LogP contribution in [0.3, 0.4) is 0 Å². The third-order valence-corrected chi connectivity index (χ3v) is 6.82. The van der Waals surface area contributed by atoms with Crippen LogP contribution in [0, 0.1) is 28.1 Å². The van der Waals surface area contributed by atoms with Crippen molar-refractivity contribution in [2.75, 3.05) is 19.6 Å². The van der Waals surface area contributed by atoms with Crippen molar-refractivity contribution in [3.05, 3.63) is 40.5 Å². The van der Waals surface area contributed by atoms with Crippen molar-refractivity contribution in [2.24, 2.45) is 5.92 Å². The molecule has 1 aromatic heterocycles. The average Bonchev–Trinajstić information content (AvgIpc) is 2.81. The molecule has 2 fully saturated rings. The number of amidine groups is 2. The van der Waals surface area contributed by atoms with Crippen molar-refractivity contribution in [3.8, 4) is 6.07 Å². The molecular formula is C23H22ClF3N6O. The number of alkyl halides is 3. The fraction of sp³-hybridized carbons (Fsp3) is 0.435. The van der Waals surface area contributed by atoms with Gasteiger partial charge in [-0.05, 0) is 55.4 Å². The van der Waals surface area contributed by atoms with Gasteiger partial charge in [-0.15, -0.1) is 0 Å². The molecule has 2 aromatic rings. The van der Waals surface area contributed by atoms with Crippen LogP contribution in [0.25, 0.3) is 10.9 Å². The van der Waals surface area contributed by atoms with Gasteiger partial charge >= 0.3 is 6.18 Å². The molecule has 1 aromatic carbocycles. The zero-order valence-corrected chi connectivity index (χ0v) is 18.9. The third kappa shape index (κ3) is 4.57. The molecule has 2 aliphatic rings. The van der Waals surface area contributed by atoms with E-state index >= 15 is 0 Å². The highest BCUT2D eigenvalue weighted by atomic mass is 35.5. The topological polar surface area (TPSA) is 108 Å². The normalized spacial score (nSPS) is 21.4. The molecule has 0 bridgehead atoms. The summed E-state index contributed by atoms with van der Waals surface area (Å²) in [6.45, 7) is -0.442. The summed E-state index contributed by atoms with van der Waals surface area (Å²) < 4.78 is 38.5. The summed E-state index contributed by atoms with van der Waals surface area (Å²) in [5, 5.41) is 26.2. The molecule has 178 valence electrons. The molecule has 34 heavy (non-hydrogen) atoms. The standard InChI is InChI=1S/C23H22ClF3N6O/c24-16-5-6-18-17(9-16)20(15(10-28)11-31-18)13-1-3-14(4-2-13)21(34)32-7-8-33(19(29)12-32)22(30)23(25,26)27/h5-6,9,11,13-14,29-30H,1-4,7-8,12H2. The van der Waals surface area contributed by atoms with Gasteiger partial charge in [0.1, 0.15) is 11.9 Å². The van der Waals surface area contributed by atoms with Gasteiger partial charge in [-0.25, -0.2) is 0 Å². The maximum atomic E-state index is 13.1. The lowest BCUT2D eigenvalue weighted by atomic mass is 9.76. The number of rotatable bonds is 2. The number of nitriles is 1. The maximum absolute atomic E-state index is 13.1. The van der Waals surface area contributed by atoms with E-state index in [4.69, 9.17) is 22.4 Å². The van der Waals surface area contributed by atoms with Crippen LogP contribution in [0.2, 0.25) is 5.02 Å². The number of benzene rings is 1. The van der Waals surface area contributed by atoms with Crippen LogP contribution in [0.1, 0.15) is 42.7 Å². The number of fused-ring (bicyclic) bond motifs is 1. The number of carbonyl (C=O) groups excluding carboxylic acids is 1. The number of carbonyl (C=O) groups is 1. The first-order valence-electron chi connectivity index (χ1n) is 10.9. The Morgan fingerprint density at radius 2 is 1.91 bits per heavy atom. The SMILES string of the molecule is N#Cc1cnc2ccc(Cl)cc2c1C1CCC(C(=O)N2CCN(C(=N)C(F)(F)F)C(=N)C2)CC1. The Balaban J connectivity index is 1.44. The predicted octanol–water partition coefficient (Wildman–Crippen LogP) is 4.69. The minimum absolute atomic E-state index is 0.0334. The van der Waals surface area contributed by atoms with E-state index in [2.05, 4.69) is 11.1 Å². The third-order valence-electron chi connectivity index (χ3n) is 6.59. The zero-order chi connectivity index (χ0) is 24.6. The molecule has 0 radical (unpaired) electrons. The number of piperazine rings is 1. The van der Waals surface area contributed by atoms with Crippen LogP contribution in [-0.4, -0.2) is 58.2 Å². The van der Waals surface area contributed by atoms with Gasteiger partial charge in [0.25, 0.3) is 0 Å². The summed E-state index contributed by atoms with van der Waals surface area (Å²) in [5.41, 5.74) is 2.13. The molecule has 1 saturated heterocycles. The monoisotopic (exact) mass is 490 g/mol. The number of nitrogens with zero attached hydrogens (tertiary/aromatic N) is 4. The molecule has 4 rings (SSSR count). The van der Waals surface area contributed by atoms with Gasteiger partial charge in [0.15, 0.2) is 0 Å². The van der Waals surface area contributed by atoms with Gasteiger partial charge < -0.3 is 9.80 Å². The Bertz CT molecular complexity index is 1200. The minimum atomic E-state index is -4.83. The number of halogens is 4. The Kier molecular flexibility index (Phi) is 6.49. The van der Waals surface area contributed by atoms with Gasteiger partial charge in [-0.1, -0.05) is 11.6 Å². The average molecular weight is 491 g/mol. The van der Waals surface area contributed by atoms with E-state index in [0.29, 0.717) is 41.2 Å². The number of aromatic nitrogens is 1.